The molecule has 5 heteroatoms. The summed E-state index contributed by atoms with van der Waals surface area (Å²) in [6, 6.07) is -0.0715. The van der Waals surface area contributed by atoms with Crippen LogP contribution < -0.4 is 0 Å². The van der Waals surface area contributed by atoms with Crippen molar-refractivity contribution in [2.45, 2.75) is 12.5 Å². The largest absolute Gasteiger partial charge is 0.395 e. The quantitative estimate of drug-likeness (QED) is 0.719. The van der Waals surface area contributed by atoms with E-state index in [9.17, 15) is 8.78 Å². The van der Waals surface area contributed by atoms with Gasteiger partial charge in [-0.3, -0.25) is 4.90 Å². The van der Waals surface area contributed by atoms with Gasteiger partial charge in [-0.05, 0) is 0 Å². The summed E-state index contributed by atoms with van der Waals surface area (Å²) in [6.07, 6.45) is -2.29. The van der Waals surface area contributed by atoms with Gasteiger partial charge < -0.3 is 5.11 Å². The van der Waals surface area contributed by atoms with Crippen LogP contribution in [0.1, 0.15) is 0 Å². The first-order valence-electron chi connectivity index (χ1n) is 3.95. The van der Waals surface area contributed by atoms with Crippen LogP contribution in [0.15, 0.2) is 0 Å². The number of rotatable bonds is 3. The minimum absolute atomic E-state index is 0.0142. The molecule has 1 saturated heterocycles. The van der Waals surface area contributed by atoms with Crippen LogP contribution in [0.4, 0.5) is 8.78 Å². The number of hydrogen-bond donors (Lipinski definition) is 1. The number of halogens is 2. The van der Waals surface area contributed by atoms with Crippen molar-refractivity contribution in [1.29, 1.82) is 0 Å². The highest BCUT2D eigenvalue weighted by Crippen LogP contribution is 2.16. The lowest BCUT2D eigenvalue weighted by molar-refractivity contribution is 0.0549. The molecule has 1 N–H and O–H groups in total. The van der Waals surface area contributed by atoms with Gasteiger partial charge in [0, 0.05) is 24.1 Å². The third kappa shape index (κ3) is 2.88. The minimum atomic E-state index is -2.29. The minimum Gasteiger partial charge on any atom is -0.395 e. The van der Waals surface area contributed by atoms with E-state index in [2.05, 4.69) is 0 Å². The second kappa shape index (κ2) is 4.99. The van der Waals surface area contributed by atoms with Crippen LogP contribution >= 0.6 is 11.8 Å². The lowest BCUT2D eigenvalue weighted by atomic mass is 10.3. The van der Waals surface area contributed by atoms with Crippen LogP contribution in [0.25, 0.3) is 0 Å². The predicted octanol–water partition coefficient (Wildman–Crippen LogP) is 0.661. The van der Waals surface area contributed by atoms with E-state index in [-0.39, 0.29) is 19.2 Å². The number of thioether (sulfide) groups is 1. The summed E-state index contributed by atoms with van der Waals surface area (Å²) in [4.78, 5) is 1.67. The third-order valence-electron chi connectivity index (χ3n) is 1.93. The highest BCUT2D eigenvalue weighted by atomic mass is 32.2. The van der Waals surface area contributed by atoms with E-state index in [1.54, 1.807) is 16.7 Å². The zero-order chi connectivity index (χ0) is 8.97. The Morgan fingerprint density at radius 1 is 1.58 bits per heavy atom. The van der Waals surface area contributed by atoms with Gasteiger partial charge in [-0.15, -0.1) is 0 Å². The average molecular weight is 197 g/mol. The molecular formula is C7H13F2NOS. The molecule has 0 radical (unpaired) electrons. The predicted molar refractivity (Wildman–Crippen MR) is 45.8 cm³/mol. The Kier molecular flexibility index (Phi) is 4.25. The Morgan fingerprint density at radius 3 is 2.92 bits per heavy atom. The molecule has 12 heavy (non-hydrogen) atoms. The molecule has 1 rings (SSSR count). The summed E-state index contributed by atoms with van der Waals surface area (Å²) in [6.45, 7) is 0.450. The van der Waals surface area contributed by atoms with Gasteiger partial charge in [0.15, 0.2) is 0 Å². The molecule has 0 saturated carbocycles. The van der Waals surface area contributed by atoms with Crippen molar-refractivity contribution < 1.29 is 13.9 Å². The van der Waals surface area contributed by atoms with Gasteiger partial charge in [-0.25, -0.2) is 8.78 Å². The first-order chi connectivity index (χ1) is 5.74. The first-order valence-corrected chi connectivity index (χ1v) is 5.10. The molecule has 1 aliphatic rings. The number of alkyl halides is 2. The summed E-state index contributed by atoms with van der Waals surface area (Å²) >= 11 is 1.71. The standard InChI is InChI=1S/C7H13F2NOS/c8-7(9)3-10-1-2-12-5-6(10)4-11/h6-7,11H,1-5H2. The van der Waals surface area contributed by atoms with Crippen LogP contribution in [0.2, 0.25) is 0 Å². The Hall–Kier alpha value is 0.130. The van der Waals surface area contributed by atoms with Crippen molar-refractivity contribution in [3.05, 3.63) is 0 Å². The molecule has 1 unspecified atom stereocenters. The van der Waals surface area contributed by atoms with Gasteiger partial charge in [0.1, 0.15) is 0 Å². The topological polar surface area (TPSA) is 23.5 Å². The summed E-state index contributed by atoms with van der Waals surface area (Å²) in [5, 5.41) is 8.87. The maximum Gasteiger partial charge on any atom is 0.251 e. The van der Waals surface area contributed by atoms with Crippen molar-refractivity contribution in [1.82, 2.24) is 4.90 Å². The molecule has 0 aromatic heterocycles. The van der Waals surface area contributed by atoms with Crippen LogP contribution in [0.3, 0.4) is 0 Å². The van der Waals surface area contributed by atoms with Crippen LogP contribution in [0.5, 0.6) is 0 Å². The van der Waals surface area contributed by atoms with E-state index < -0.39 is 6.43 Å². The fraction of sp³-hybridized carbons (Fsp3) is 1.00. The van der Waals surface area contributed by atoms with Crippen LogP contribution in [0, 0.1) is 0 Å². The number of nitrogens with zero attached hydrogens (tertiary/aromatic N) is 1. The number of aliphatic hydroxyl groups excluding tert-OH is 1. The zero-order valence-corrected chi connectivity index (χ0v) is 7.57. The van der Waals surface area contributed by atoms with Gasteiger partial charge in [-0.1, -0.05) is 0 Å². The van der Waals surface area contributed by atoms with Gasteiger partial charge in [-0.2, -0.15) is 11.8 Å². The fourth-order valence-electron chi connectivity index (χ4n) is 1.27. The van der Waals surface area contributed by atoms with Crippen LogP contribution in [-0.2, 0) is 0 Å². The molecule has 2 nitrogen and oxygen atoms in total. The molecule has 0 aromatic rings. The lowest BCUT2D eigenvalue weighted by Crippen LogP contribution is -2.46. The van der Waals surface area contributed by atoms with Crippen LogP contribution in [-0.4, -0.2) is 53.7 Å². The van der Waals surface area contributed by atoms with Gasteiger partial charge in [0.2, 0.25) is 0 Å². The first kappa shape index (κ1) is 10.2. The molecular weight excluding hydrogens is 184 g/mol. The average Bonchev–Trinajstić information content (AvgIpc) is 2.04. The summed E-state index contributed by atoms with van der Waals surface area (Å²) in [5.74, 6) is 1.66. The summed E-state index contributed by atoms with van der Waals surface area (Å²) < 4.78 is 24.0. The Labute approximate surface area is 74.9 Å². The summed E-state index contributed by atoms with van der Waals surface area (Å²) in [7, 11) is 0. The molecule has 0 amide bonds. The van der Waals surface area contributed by atoms with Crippen molar-refractivity contribution in [3.8, 4) is 0 Å². The lowest BCUT2D eigenvalue weighted by Gasteiger charge is -2.33. The molecule has 1 atom stereocenters. The van der Waals surface area contributed by atoms with Crippen molar-refractivity contribution in [2.24, 2.45) is 0 Å². The molecule has 1 aliphatic heterocycles. The van der Waals surface area contributed by atoms with E-state index in [0.29, 0.717) is 6.54 Å². The highest BCUT2D eigenvalue weighted by Gasteiger charge is 2.24. The number of aliphatic hydroxyl groups is 1. The fourth-order valence-corrected chi connectivity index (χ4v) is 2.39. The van der Waals surface area contributed by atoms with E-state index in [0.717, 1.165) is 11.5 Å². The molecule has 1 heterocycles. The van der Waals surface area contributed by atoms with Gasteiger partial charge in [0.05, 0.1) is 13.2 Å². The van der Waals surface area contributed by atoms with Crippen molar-refractivity contribution in [2.75, 3.05) is 31.2 Å². The maximum absolute atomic E-state index is 12.0. The third-order valence-corrected chi connectivity index (χ3v) is 3.02. The number of hydrogen-bond acceptors (Lipinski definition) is 3. The van der Waals surface area contributed by atoms with E-state index in [4.69, 9.17) is 5.11 Å². The molecule has 0 aromatic carbocycles. The molecule has 72 valence electrons. The molecule has 0 bridgehead atoms. The van der Waals surface area contributed by atoms with Gasteiger partial charge in [0.25, 0.3) is 6.43 Å². The smallest absolute Gasteiger partial charge is 0.251 e. The van der Waals surface area contributed by atoms with Gasteiger partial charge >= 0.3 is 0 Å². The second-order valence-corrected chi connectivity index (χ2v) is 3.95. The molecule has 0 spiro atoms. The Bertz CT molecular complexity index is 137. The van der Waals surface area contributed by atoms with E-state index in [1.165, 1.54) is 0 Å². The highest BCUT2D eigenvalue weighted by molar-refractivity contribution is 7.99. The van der Waals surface area contributed by atoms with E-state index in [1.807, 2.05) is 0 Å². The monoisotopic (exact) mass is 197 g/mol. The Morgan fingerprint density at radius 2 is 2.33 bits per heavy atom. The Balaban J connectivity index is 2.36. The zero-order valence-electron chi connectivity index (χ0n) is 6.75. The van der Waals surface area contributed by atoms with Crippen molar-refractivity contribution in [3.63, 3.8) is 0 Å². The second-order valence-electron chi connectivity index (χ2n) is 2.80. The maximum atomic E-state index is 12.0. The molecule has 0 aliphatic carbocycles. The van der Waals surface area contributed by atoms with Crippen molar-refractivity contribution >= 4 is 11.8 Å². The summed E-state index contributed by atoms with van der Waals surface area (Å²) in [5.41, 5.74) is 0. The normalized spacial score (nSPS) is 26.5. The van der Waals surface area contributed by atoms with E-state index >= 15 is 0 Å². The SMILES string of the molecule is OCC1CSCCN1CC(F)F. The molecule has 1 fully saturated rings.